The fraction of sp³-hybridized carbons (Fsp3) is 0.526. The van der Waals surface area contributed by atoms with E-state index in [1.165, 1.54) is 10.9 Å². The molecule has 1 aliphatic rings. The van der Waals surface area contributed by atoms with Gasteiger partial charge >= 0.3 is 6.03 Å². The molecule has 0 saturated carbocycles. The lowest BCUT2D eigenvalue weighted by Crippen LogP contribution is -2.53. The van der Waals surface area contributed by atoms with Crippen LogP contribution in [0.5, 0.6) is 0 Å². The van der Waals surface area contributed by atoms with Crippen molar-refractivity contribution in [3.8, 4) is 0 Å². The summed E-state index contributed by atoms with van der Waals surface area (Å²) in [6, 6.07) is 10.3. The Labute approximate surface area is 148 Å². The smallest absolute Gasteiger partial charge is 0.317 e. The number of hydrogen-bond acceptors (Lipinski definition) is 3. The van der Waals surface area contributed by atoms with Crippen LogP contribution in [0.4, 0.5) is 4.79 Å². The highest BCUT2D eigenvalue weighted by Crippen LogP contribution is 2.15. The van der Waals surface area contributed by atoms with E-state index in [1.54, 1.807) is 11.8 Å². The molecule has 25 heavy (non-hydrogen) atoms. The lowest BCUT2D eigenvalue weighted by Gasteiger charge is -2.36. The summed E-state index contributed by atoms with van der Waals surface area (Å²) in [6.07, 6.45) is 3.06. The lowest BCUT2D eigenvalue weighted by molar-refractivity contribution is -0.00429. The van der Waals surface area contributed by atoms with E-state index in [0.717, 1.165) is 13.0 Å². The standard InChI is InChI=1S/C19H27N3O3/c1-15(23)13-17-14-25-12-11-22(17)19(24)20-8-4-9-21-10-7-16-5-2-3-6-18(16)21/h2-3,5-7,10,15,17,23H,4,8-9,11-14H2,1H3,(H,20,24). The Morgan fingerprint density at radius 3 is 3.08 bits per heavy atom. The normalized spacial score (nSPS) is 19.1. The molecule has 0 spiro atoms. The molecule has 1 aliphatic heterocycles. The number of urea groups is 1. The Morgan fingerprint density at radius 2 is 2.24 bits per heavy atom. The number of carbonyl (C=O) groups is 1. The molecule has 6 nitrogen and oxygen atoms in total. The molecule has 1 saturated heterocycles. The van der Waals surface area contributed by atoms with Crippen LogP contribution in [-0.4, -0.2) is 59.1 Å². The Morgan fingerprint density at radius 1 is 1.40 bits per heavy atom. The molecule has 2 heterocycles. The van der Waals surface area contributed by atoms with Crippen molar-refractivity contribution in [2.75, 3.05) is 26.3 Å². The maximum absolute atomic E-state index is 12.4. The van der Waals surface area contributed by atoms with Gasteiger partial charge in [-0.2, -0.15) is 0 Å². The fourth-order valence-corrected chi connectivity index (χ4v) is 3.39. The van der Waals surface area contributed by atoms with Crippen molar-refractivity contribution in [1.29, 1.82) is 0 Å². The van der Waals surface area contributed by atoms with Crippen LogP contribution in [-0.2, 0) is 11.3 Å². The third-order valence-corrected chi connectivity index (χ3v) is 4.63. The van der Waals surface area contributed by atoms with Crippen LogP contribution >= 0.6 is 0 Å². The number of ether oxygens (including phenoxy) is 1. The van der Waals surface area contributed by atoms with E-state index < -0.39 is 6.10 Å². The van der Waals surface area contributed by atoms with Gasteiger partial charge in [-0.3, -0.25) is 0 Å². The first kappa shape index (κ1) is 17.8. The van der Waals surface area contributed by atoms with Crippen LogP contribution in [0.15, 0.2) is 36.5 Å². The molecule has 3 rings (SSSR count). The molecular formula is C19H27N3O3. The number of benzene rings is 1. The first-order chi connectivity index (χ1) is 12.1. The summed E-state index contributed by atoms with van der Waals surface area (Å²) >= 11 is 0. The summed E-state index contributed by atoms with van der Waals surface area (Å²) in [5.74, 6) is 0. The number of rotatable bonds is 6. The van der Waals surface area contributed by atoms with Crippen molar-refractivity contribution in [1.82, 2.24) is 14.8 Å². The molecule has 1 aromatic heterocycles. The van der Waals surface area contributed by atoms with Gasteiger partial charge in [-0.05, 0) is 37.3 Å². The van der Waals surface area contributed by atoms with Crippen molar-refractivity contribution >= 4 is 16.9 Å². The third-order valence-electron chi connectivity index (χ3n) is 4.63. The third kappa shape index (κ3) is 4.52. The molecule has 2 N–H and O–H groups in total. The van der Waals surface area contributed by atoms with Gasteiger partial charge in [0, 0.05) is 31.3 Å². The largest absolute Gasteiger partial charge is 0.393 e. The number of morpholine rings is 1. The quantitative estimate of drug-likeness (QED) is 0.789. The van der Waals surface area contributed by atoms with Crippen molar-refractivity contribution in [3.05, 3.63) is 36.5 Å². The maximum atomic E-state index is 12.4. The molecule has 0 aliphatic carbocycles. The molecule has 136 valence electrons. The Hall–Kier alpha value is -2.05. The molecule has 0 radical (unpaired) electrons. The van der Waals surface area contributed by atoms with E-state index in [-0.39, 0.29) is 12.1 Å². The second kappa shape index (κ2) is 8.36. The number of hydrogen-bond donors (Lipinski definition) is 2. The zero-order valence-corrected chi connectivity index (χ0v) is 14.7. The van der Waals surface area contributed by atoms with E-state index >= 15 is 0 Å². The van der Waals surface area contributed by atoms with E-state index in [0.29, 0.717) is 32.7 Å². The molecule has 6 heteroatoms. The zero-order valence-electron chi connectivity index (χ0n) is 14.7. The Bertz CT molecular complexity index is 698. The van der Waals surface area contributed by atoms with Crippen LogP contribution in [0, 0.1) is 0 Å². The predicted octanol–water partition coefficient (Wildman–Crippen LogP) is 2.21. The van der Waals surface area contributed by atoms with Gasteiger partial charge in [-0.1, -0.05) is 18.2 Å². The molecule has 2 atom stereocenters. The van der Waals surface area contributed by atoms with Crippen LogP contribution < -0.4 is 5.32 Å². The molecule has 1 aromatic carbocycles. The van der Waals surface area contributed by atoms with Gasteiger partial charge in [-0.25, -0.2) is 4.79 Å². The SMILES string of the molecule is CC(O)CC1COCCN1C(=O)NCCCn1ccc2ccccc21. The summed E-state index contributed by atoms with van der Waals surface area (Å²) in [5, 5.41) is 13.8. The number of aliphatic hydroxyl groups excluding tert-OH is 1. The minimum absolute atomic E-state index is 0.0536. The van der Waals surface area contributed by atoms with Crippen molar-refractivity contribution in [3.63, 3.8) is 0 Å². The first-order valence-electron chi connectivity index (χ1n) is 8.99. The number of aliphatic hydroxyl groups is 1. The number of aryl methyl sites for hydroxylation is 1. The first-order valence-corrected chi connectivity index (χ1v) is 8.99. The highest BCUT2D eigenvalue weighted by Gasteiger charge is 2.27. The van der Waals surface area contributed by atoms with Gasteiger partial charge in [0.25, 0.3) is 0 Å². The van der Waals surface area contributed by atoms with Crippen molar-refractivity contribution in [2.45, 2.75) is 38.5 Å². The Kier molecular flexibility index (Phi) is 5.94. The number of carbonyl (C=O) groups excluding carboxylic acids is 1. The molecule has 1 fully saturated rings. The molecule has 2 amide bonds. The van der Waals surface area contributed by atoms with E-state index in [4.69, 9.17) is 4.74 Å². The van der Waals surface area contributed by atoms with Gasteiger partial charge < -0.3 is 24.6 Å². The van der Waals surface area contributed by atoms with Crippen molar-refractivity contribution < 1.29 is 14.6 Å². The highest BCUT2D eigenvalue weighted by molar-refractivity contribution is 5.79. The summed E-state index contributed by atoms with van der Waals surface area (Å²) in [5.41, 5.74) is 1.22. The molecule has 2 unspecified atom stereocenters. The molecule has 2 aromatic rings. The Balaban J connectivity index is 1.47. The number of nitrogens with zero attached hydrogens (tertiary/aromatic N) is 2. The summed E-state index contributed by atoms with van der Waals surface area (Å²) in [4.78, 5) is 14.2. The summed E-state index contributed by atoms with van der Waals surface area (Å²) in [7, 11) is 0. The number of nitrogens with one attached hydrogen (secondary N) is 1. The predicted molar refractivity (Wildman–Crippen MR) is 97.6 cm³/mol. The second-order valence-electron chi connectivity index (χ2n) is 6.66. The van der Waals surface area contributed by atoms with Crippen LogP contribution in [0.25, 0.3) is 10.9 Å². The van der Waals surface area contributed by atoms with E-state index in [1.807, 2.05) is 12.1 Å². The van der Waals surface area contributed by atoms with Crippen molar-refractivity contribution in [2.24, 2.45) is 0 Å². The van der Waals surface area contributed by atoms with Gasteiger partial charge in [0.05, 0.1) is 25.4 Å². The number of para-hydroxylation sites is 1. The van der Waals surface area contributed by atoms with Gasteiger partial charge in [0.2, 0.25) is 0 Å². The summed E-state index contributed by atoms with van der Waals surface area (Å²) in [6.45, 7) is 4.86. The minimum Gasteiger partial charge on any atom is -0.393 e. The monoisotopic (exact) mass is 345 g/mol. The number of fused-ring (bicyclic) bond motifs is 1. The maximum Gasteiger partial charge on any atom is 0.317 e. The average Bonchev–Trinajstić information content (AvgIpc) is 3.02. The van der Waals surface area contributed by atoms with Crippen LogP contribution in [0.3, 0.4) is 0 Å². The van der Waals surface area contributed by atoms with E-state index in [9.17, 15) is 9.90 Å². The van der Waals surface area contributed by atoms with Gasteiger partial charge in [0.15, 0.2) is 0 Å². The number of amides is 2. The highest BCUT2D eigenvalue weighted by atomic mass is 16.5. The fourth-order valence-electron chi connectivity index (χ4n) is 3.39. The topological polar surface area (TPSA) is 66.7 Å². The van der Waals surface area contributed by atoms with E-state index in [2.05, 4.69) is 34.3 Å². The van der Waals surface area contributed by atoms with Gasteiger partial charge in [-0.15, -0.1) is 0 Å². The van der Waals surface area contributed by atoms with Gasteiger partial charge in [0.1, 0.15) is 0 Å². The molecular weight excluding hydrogens is 318 g/mol. The average molecular weight is 345 g/mol. The van der Waals surface area contributed by atoms with Crippen LogP contribution in [0.2, 0.25) is 0 Å². The zero-order chi connectivity index (χ0) is 17.6. The number of aromatic nitrogens is 1. The minimum atomic E-state index is -0.441. The van der Waals surface area contributed by atoms with Crippen LogP contribution in [0.1, 0.15) is 19.8 Å². The summed E-state index contributed by atoms with van der Waals surface area (Å²) < 4.78 is 7.66. The second-order valence-corrected chi connectivity index (χ2v) is 6.66. The lowest BCUT2D eigenvalue weighted by atomic mass is 10.1. The molecule has 0 bridgehead atoms.